The summed E-state index contributed by atoms with van der Waals surface area (Å²) < 4.78 is 0. The number of aryl methyl sites for hydroxylation is 1. The van der Waals surface area contributed by atoms with Gasteiger partial charge in [-0.1, -0.05) is 133 Å². The minimum atomic E-state index is 0.332. The van der Waals surface area contributed by atoms with Gasteiger partial charge in [0.15, 0.2) is 0 Å². The Morgan fingerprint density at radius 2 is 1.75 bits per heavy atom. The fraction of sp³-hybridized carbons (Fsp3) is 0.257. The summed E-state index contributed by atoms with van der Waals surface area (Å²) in [5.41, 5.74) is 11.3. The van der Waals surface area contributed by atoms with E-state index in [1.807, 2.05) is 0 Å². The van der Waals surface area contributed by atoms with Crippen molar-refractivity contribution in [2.75, 3.05) is 0 Å². The molecule has 5 rings (SSSR count). The Bertz CT molecular complexity index is 1410. The molecule has 0 bridgehead atoms. The molecule has 0 heterocycles. The molecule has 0 aromatic heterocycles. The summed E-state index contributed by atoms with van der Waals surface area (Å²) >= 11 is 0. The second-order valence-corrected chi connectivity index (χ2v) is 10.7. The van der Waals surface area contributed by atoms with Gasteiger partial charge in [0, 0.05) is 0 Å². The molecule has 0 nitrogen and oxygen atoms in total. The van der Waals surface area contributed by atoms with E-state index in [1.165, 1.54) is 55.1 Å². The number of allylic oxidation sites excluding steroid dienone is 8. The van der Waals surface area contributed by atoms with Crippen LogP contribution in [0.4, 0.5) is 0 Å². The highest BCUT2D eigenvalue weighted by atomic mass is 14.2. The van der Waals surface area contributed by atoms with E-state index in [0.717, 1.165) is 32.0 Å². The van der Waals surface area contributed by atoms with Crippen LogP contribution in [-0.4, -0.2) is 6.71 Å². The highest BCUT2D eigenvalue weighted by Gasteiger charge is 2.30. The zero-order valence-electron chi connectivity index (χ0n) is 22.1. The molecule has 0 amide bonds. The van der Waals surface area contributed by atoms with E-state index in [2.05, 4.69) is 118 Å². The minimum Gasteiger partial charge on any atom is -0.0952 e. The van der Waals surface area contributed by atoms with Crippen LogP contribution in [0.25, 0.3) is 16.2 Å². The molecule has 0 fully saturated rings. The highest BCUT2D eigenvalue weighted by Crippen LogP contribution is 2.34. The Morgan fingerprint density at radius 1 is 0.944 bits per heavy atom. The maximum absolute atomic E-state index is 4.31. The molecule has 0 N–H and O–H groups in total. The third kappa shape index (κ3) is 4.98. The van der Waals surface area contributed by atoms with Crippen molar-refractivity contribution >= 4 is 28.4 Å². The van der Waals surface area contributed by atoms with E-state index in [1.54, 1.807) is 0 Å². The van der Waals surface area contributed by atoms with Gasteiger partial charge in [-0.3, -0.25) is 0 Å². The van der Waals surface area contributed by atoms with Crippen molar-refractivity contribution in [1.29, 1.82) is 0 Å². The van der Waals surface area contributed by atoms with E-state index < -0.39 is 0 Å². The molecule has 2 aliphatic rings. The van der Waals surface area contributed by atoms with Gasteiger partial charge in [0.2, 0.25) is 6.71 Å². The minimum absolute atomic E-state index is 0.332. The van der Waals surface area contributed by atoms with E-state index >= 15 is 0 Å². The van der Waals surface area contributed by atoms with Crippen LogP contribution >= 0.6 is 0 Å². The molecule has 3 aromatic carbocycles. The largest absolute Gasteiger partial charge is 0.211 e. The Morgan fingerprint density at radius 3 is 2.61 bits per heavy atom. The zero-order valence-corrected chi connectivity index (χ0v) is 22.1. The molecule has 1 atom stereocenters. The maximum Gasteiger partial charge on any atom is 0.211 e. The van der Waals surface area contributed by atoms with Crippen LogP contribution in [0, 0.1) is 12.8 Å². The fourth-order valence-electron chi connectivity index (χ4n) is 6.10. The van der Waals surface area contributed by atoms with Gasteiger partial charge in [-0.05, 0) is 78.5 Å². The number of hydrogen-bond donors (Lipinski definition) is 0. The summed E-state index contributed by atoms with van der Waals surface area (Å²) in [5.74, 6) is 0.545. The van der Waals surface area contributed by atoms with Gasteiger partial charge < -0.3 is 0 Å². The average Bonchev–Trinajstić information content (AvgIpc) is 3.05. The van der Waals surface area contributed by atoms with Crippen molar-refractivity contribution in [2.45, 2.75) is 52.8 Å². The van der Waals surface area contributed by atoms with Crippen molar-refractivity contribution in [1.82, 2.24) is 0 Å². The van der Waals surface area contributed by atoms with Crippen molar-refractivity contribution in [2.24, 2.45) is 5.92 Å². The predicted molar refractivity (Wildman–Crippen MR) is 160 cm³/mol. The van der Waals surface area contributed by atoms with Crippen LogP contribution in [0.1, 0.15) is 49.8 Å². The average molecular weight is 468 g/mol. The molecule has 2 aliphatic carbocycles. The second-order valence-electron chi connectivity index (χ2n) is 10.7. The maximum atomic E-state index is 4.31. The van der Waals surface area contributed by atoms with Gasteiger partial charge in [0.25, 0.3) is 0 Å². The molecule has 0 radical (unpaired) electrons. The Balaban J connectivity index is 1.62. The van der Waals surface area contributed by atoms with E-state index in [0.29, 0.717) is 12.6 Å². The number of fused-ring (bicyclic) bond motifs is 2. The summed E-state index contributed by atoms with van der Waals surface area (Å²) in [6, 6.07) is 22.6. The fourth-order valence-corrected chi connectivity index (χ4v) is 6.10. The summed E-state index contributed by atoms with van der Waals surface area (Å²) in [6.07, 6.45) is 17.1. The van der Waals surface area contributed by atoms with E-state index in [4.69, 9.17) is 0 Å². The van der Waals surface area contributed by atoms with Crippen molar-refractivity contribution < 1.29 is 0 Å². The molecule has 36 heavy (non-hydrogen) atoms. The summed E-state index contributed by atoms with van der Waals surface area (Å²) in [4.78, 5) is 0. The molecule has 0 saturated heterocycles. The van der Waals surface area contributed by atoms with Crippen LogP contribution in [-0.2, 0) is 6.42 Å². The molecular weight excluding hydrogens is 431 g/mol. The quantitative estimate of drug-likeness (QED) is 0.317. The van der Waals surface area contributed by atoms with Crippen molar-refractivity contribution in [3.05, 3.63) is 131 Å². The lowest BCUT2D eigenvalue weighted by Gasteiger charge is -2.27. The molecule has 1 heteroatoms. The zero-order chi connectivity index (χ0) is 25.1. The standard InChI is InChI=1S/C35H37B/c1-25(20-22-29-14-6-5-12-26(29)2)24-36(35-28(4)21-23-31-16-8-10-19-33(31)35)34-27(3)13-11-17-30-15-7-9-18-32(30)34/h6-11,13-16,18-19,21-23,25H,2,5,12,17,20,24H2,1,3-4H3/b29-22-. The topological polar surface area (TPSA) is 0 Å². The van der Waals surface area contributed by atoms with Crippen LogP contribution in [0.5, 0.6) is 0 Å². The number of rotatable bonds is 6. The smallest absolute Gasteiger partial charge is 0.0952 e. The van der Waals surface area contributed by atoms with Crippen LogP contribution in [0.2, 0.25) is 6.32 Å². The molecule has 180 valence electrons. The third-order valence-electron chi connectivity index (χ3n) is 8.02. The van der Waals surface area contributed by atoms with Gasteiger partial charge in [-0.15, -0.1) is 0 Å². The molecule has 0 spiro atoms. The van der Waals surface area contributed by atoms with Gasteiger partial charge in [-0.25, -0.2) is 0 Å². The molecular formula is C35H37B. The summed E-state index contributed by atoms with van der Waals surface area (Å²) in [5, 5.41) is 2.72. The summed E-state index contributed by atoms with van der Waals surface area (Å²) in [6.45, 7) is 11.7. The highest BCUT2D eigenvalue weighted by molar-refractivity contribution is 6.92. The second kappa shape index (κ2) is 10.7. The lowest BCUT2D eigenvalue weighted by molar-refractivity contribution is 0.656. The lowest BCUT2D eigenvalue weighted by atomic mass is 9.33. The van der Waals surface area contributed by atoms with Crippen molar-refractivity contribution in [3.8, 4) is 0 Å². The molecule has 0 saturated carbocycles. The number of hydrogen-bond acceptors (Lipinski definition) is 0. The molecule has 0 aliphatic heterocycles. The predicted octanol–water partition coefficient (Wildman–Crippen LogP) is 8.83. The monoisotopic (exact) mass is 468 g/mol. The first-order valence-electron chi connectivity index (χ1n) is 13.5. The van der Waals surface area contributed by atoms with Crippen LogP contribution in [0.3, 0.4) is 0 Å². The lowest BCUT2D eigenvalue weighted by Crippen LogP contribution is -2.37. The van der Waals surface area contributed by atoms with Crippen molar-refractivity contribution in [3.63, 3.8) is 0 Å². The number of benzene rings is 3. The van der Waals surface area contributed by atoms with E-state index in [9.17, 15) is 0 Å². The summed E-state index contributed by atoms with van der Waals surface area (Å²) in [7, 11) is 0. The molecule has 3 aromatic rings. The Hall–Kier alpha value is -3.32. The first-order chi connectivity index (χ1) is 17.5. The van der Waals surface area contributed by atoms with Gasteiger partial charge >= 0.3 is 0 Å². The first kappa shape index (κ1) is 24.4. The van der Waals surface area contributed by atoms with E-state index in [-0.39, 0.29) is 0 Å². The first-order valence-corrected chi connectivity index (χ1v) is 13.5. The SMILES string of the molecule is C=C1CCC=C/C1=C/CC(C)CB(C1=C(C)C=CCc2ccccc21)c1c(C)ccc2ccccc12. The van der Waals surface area contributed by atoms with Gasteiger partial charge in [0.1, 0.15) is 0 Å². The Kier molecular flexibility index (Phi) is 7.28. The molecule has 1 unspecified atom stereocenters. The normalized spacial score (nSPS) is 17.4. The van der Waals surface area contributed by atoms with Gasteiger partial charge in [-0.2, -0.15) is 0 Å². The third-order valence-corrected chi connectivity index (χ3v) is 8.02. The van der Waals surface area contributed by atoms with Crippen LogP contribution in [0.15, 0.2) is 114 Å². The van der Waals surface area contributed by atoms with Gasteiger partial charge in [0.05, 0.1) is 0 Å². The van der Waals surface area contributed by atoms with Crippen LogP contribution < -0.4 is 5.46 Å². The Labute approximate surface area is 217 Å².